The van der Waals surface area contributed by atoms with E-state index in [0.29, 0.717) is 0 Å². The van der Waals surface area contributed by atoms with Crippen molar-refractivity contribution in [2.24, 2.45) is 5.73 Å². The maximum atomic E-state index is 11.1. The summed E-state index contributed by atoms with van der Waals surface area (Å²) in [5.74, 6) is -2.51. The molecule has 2 atom stereocenters. The fourth-order valence-corrected chi connectivity index (χ4v) is 0.741. The third kappa shape index (κ3) is 5.94. The van der Waals surface area contributed by atoms with Gasteiger partial charge in [0.05, 0.1) is 12.6 Å². The SMILES string of the molecule is C[C@@H](O)[C@@H](N)C(=O)NCC(=O)NCC(=O)O. The minimum atomic E-state index is -1.18. The quantitative estimate of drug-likeness (QED) is 0.331. The standard InChI is InChI=1S/C8H15N3O5/c1-4(12)7(9)8(16)11-2-5(13)10-3-6(14)15/h4,7,12H,2-3,9H2,1H3,(H,10,13)(H,11,16)(H,14,15)/t4-,7-/m1/s1. The van der Waals surface area contributed by atoms with E-state index in [9.17, 15) is 14.4 Å². The predicted molar refractivity (Wildman–Crippen MR) is 53.3 cm³/mol. The fourth-order valence-electron chi connectivity index (χ4n) is 0.741. The number of amides is 2. The zero-order valence-corrected chi connectivity index (χ0v) is 8.77. The molecule has 0 aromatic heterocycles. The minimum Gasteiger partial charge on any atom is -0.480 e. The van der Waals surface area contributed by atoms with Gasteiger partial charge in [-0.2, -0.15) is 0 Å². The average molecular weight is 233 g/mol. The van der Waals surface area contributed by atoms with Crippen LogP contribution < -0.4 is 16.4 Å². The lowest BCUT2D eigenvalue weighted by atomic mass is 10.2. The van der Waals surface area contributed by atoms with Crippen molar-refractivity contribution in [1.29, 1.82) is 0 Å². The Morgan fingerprint density at radius 3 is 2.25 bits per heavy atom. The van der Waals surface area contributed by atoms with Gasteiger partial charge < -0.3 is 26.6 Å². The molecule has 0 bridgehead atoms. The van der Waals surface area contributed by atoms with Crippen molar-refractivity contribution in [3.05, 3.63) is 0 Å². The number of carboxylic acid groups (broad SMARTS) is 1. The molecular formula is C8H15N3O5. The first kappa shape index (κ1) is 14.3. The molecule has 0 spiro atoms. The van der Waals surface area contributed by atoms with Gasteiger partial charge in [0.1, 0.15) is 12.6 Å². The Morgan fingerprint density at radius 2 is 1.81 bits per heavy atom. The summed E-state index contributed by atoms with van der Waals surface area (Å²) < 4.78 is 0. The van der Waals surface area contributed by atoms with E-state index in [1.807, 2.05) is 5.32 Å². The highest BCUT2D eigenvalue weighted by Gasteiger charge is 2.18. The number of hydrogen-bond acceptors (Lipinski definition) is 5. The van der Waals surface area contributed by atoms with Crippen LogP contribution in [0.4, 0.5) is 0 Å². The van der Waals surface area contributed by atoms with E-state index in [1.165, 1.54) is 6.92 Å². The molecule has 8 heteroatoms. The highest BCUT2D eigenvalue weighted by atomic mass is 16.4. The highest BCUT2D eigenvalue weighted by Crippen LogP contribution is 1.87. The lowest BCUT2D eigenvalue weighted by Gasteiger charge is -2.14. The van der Waals surface area contributed by atoms with Crippen LogP contribution in [0.5, 0.6) is 0 Å². The number of carbonyl (C=O) groups is 3. The number of nitrogens with one attached hydrogen (secondary N) is 2. The van der Waals surface area contributed by atoms with Crippen LogP contribution in [-0.4, -0.2) is 53.2 Å². The maximum absolute atomic E-state index is 11.1. The van der Waals surface area contributed by atoms with Gasteiger partial charge in [-0.05, 0) is 6.92 Å². The fraction of sp³-hybridized carbons (Fsp3) is 0.625. The second-order valence-corrected chi connectivity index (χ2v) is 3.15. The summed E-state index contributed by atoms with van der Waals surface area (Å²) in [5.41, 5.74) is 5.28. The Morgan fingerprint density at radius 1 is 1.25 bits per heavy atom. The molecule has 8 nitrogen and oxygen atoms in total. The first-order valence-corrected chi connectivity index (χ1v) is 4.54. The zero-order valence-electron chi connectivity index (χ0n) is 8.77. The Bertz CT molecular complexity index is 279. The van der Waals surface area contributed by atoms with Crippen LogP contribution in [0.1, 0.15) is 6.92 Å². The maximum Gasteiger partial charge on any atom is 0.322 e. The van der Waals surface area contributed by atoms with Crippen molar-refractivity contribution in [2.45, 2.75) is 19.1 Å². The molecule has 0 heterocycles. The van der Waals surface area contributed by atoms with Gasteiger partial charge >= 0.3 is 5.97 Å². The molecule has 16 heavy (non-hydrogen) atoms. The predicted octanol–water partition coefficient (Wildman–Crippen LogP) is -2.99. The zero-order chi connectivity index (χ0) is 12.7. The molecule has 0 aromatic rings. The monoisotopic (exact) mass is 233 g/mol. The van der Waals surface area contributed by atoms with Crippen molar-refractivity contribution >= 4 is 17.8 Å². The molecule has 0 rings (SSSR count). The van der Waals surface area contributed by atoms with Gasteiger partial charge in [0.25, 0.3) is 0 Å². The van der Waals surface area contributed by atoms with Gasteiger partial charge in [0.2, 0.25) is 11.8 Å². The summed E-state index contributed by atoms with van der Waals surface area (Å²) in [4.78, 5) is 32.2. The van der Waals surface area contributed by atoms with Crippen LogP contribution in [0.15, 0.2) is 0 Å². The first-order chi connectivity index (χ1) is 7.34. The molecule has 0 aliphatic heterocycles. The van der Waals surface area contributed by atoms with Crippen molar-refractivity contribution in [3.8, 4) is 0 Å². The van der Waals surface area contributed by atoms with Crippen LogP contribution in [0.3, 0.4) is 0 Å². The van der Waals surface area contributed by atoms with Gasteiger partial charge in [0, 0.05) is 0 Å². The normalized spacial score (nSPS) is 13.7. The van der Waals surface area contributed by atoms with Gasteiger partial charge in [-0.3, -0.25) is 14.4 Å². The largest absolute Gasteiger partial charge is 0.480 e. The van der Waals surface area contributed by atoms with Crippen LogP contribution in [0.25, 0.3) is 0 Å². The van der Waals surface area contributed by atoms with Crippen LogP contribution >= 0.6 is 0 Å². The number of carbonyl (C=O) groups excluding carboxylic acids is 2. The number of rotatable bonds is 6. The molecule has 0 radical (unpaired) electrons. The van der Waals surface area contributed by atoms with E-state index in [2.05, 4.69) is 5.32 Å². The summed E-state index contributed by atoms with van der Waals surface area (Å²) in [7, 11) is 0. The Labute approximate surface area is 91.8 Å². The van der Waals surface area contributed by atoms with E-state index in [1.54, 1.807) is 0 Å². The van der Waals surface area contributed by atoms with E-state index in [0.717, 1.165) is 0 Å². The Balaban J connectivity index is 3.83. The molecule has 0 saturated heterocycles. The highest BCUT2D eigenvalue weighted by molar-refractivity contribution is 5.88. The third-order valence-electron chi connectivity index (χ3n) is 1.68. The molecular weight excluding hydrogens is 218 g/mol. The number of aliphatic hydroxyl groups is 1. The van der Waals surface area contributed by atoms with Crippen molar-refractivity contribution in [2.75, 3.05) is 13.1 Å². The first-order valence-electron chi connectivity index (χ1n) is 4.54. The Hall–Kier alpha value is -1.67. The summed E-state index contributed by atoms with van der Waals surface area (Å²) in [6.07, 6.45) is -1.03. The minimum absolute atomic E-state index is 0.382. The summed E-state index contributed by atoms with van der Waals surface area (Å²) >= 11 is 0. The van der Waals surface area contributed by atoms with Crippen molar-refractivity contribution in [3.63, 3.8) is 0 Å². The van der Waals surface area contributed by atoms with E-state index in [4.69, 9.17) is 15.9 Å². The summed E-state index contributed by atoms with van der Waals surface area (Å²) in [6, 6.07) is -1.12. The molecule has 0 aliphatic carbocycles. The smallest absolute Gasteiger partial charge is 0.322 e. The van der Waals surface area contributed by atoms with E-state index < -0.39 is 36.5 Å². The van der Waals surface area contributed by atoms with Crippen LogP contribution in [0.2, 0.25) is 0 Å². The molecule has 2 amide bonds. The second kappa shape index (κ2) is 6.75. The summed E-state index contributed by atoms with van der Waals surface area (Å²) in [5, 5.41) is 21.4. The van der Waals surface area contributed by atoms with Crippen molar-refractivity contribution < 1.29 is 24.6 Å². The third-order valence-corrected chi connectivity index (χ3v) is 1.68. The van der Waals surface area contributed by atoms with Gasteiger partial charge in [-0.1, -0.05) is 0 Å². The van der Waals surface area contributed by atoms with E-state index in [-0.39, 0.29) is 6.54 Å². The van der Waals surface area contributed by atoms with Gasteiger partial charge in [0.15, 0.2) is 0 Å². The molecule has 0 saturated carbocycles. The van der Waals surface area contributed by atoms with E-state index >= 15 is 0 Å². The molecule has 6 N–H and O–H groups in total. The number of carboxylic acids is 1. The lowest BCUT2D eigenvalue weighted by molar-refractivity contribution is -0.137. The molecule has 0 unspecified atom stereocenters. The second-order valence-electron chi connectivity index (χ2n) is 3.15. The topological polar surface area (TPSA) is 142 Å². The van der Waals surface area contributed by atoms with Gasteiger partial charge in [-0.15, -0.1) is 0 Å². The lowest BCUT2D eigenvalue weighted by Crippen LogP contribution is -2.49. The van der Waals surface area contributed by atoms with Crippen LogP contribution in [0, 0.1) is 0 Å². The molecule has 92 valence electrons. The van der Waals surface area contributed by atoms with Gasteiger partial charge in [-0.25, -0.2) is 0 Å². The molecule has 0 aromatic carbocycles. The van der Waals surface area contributed by atoms with Crippen LogP contribution in [-0.2, 0) is 14.4 Å². The Kier molecular flexibility index (Phi) is 6.04. The number of hydrogen-bond donors (Lipinski definition) is 5. The number of aliphatic carboxylic acids is 1. The average Bonchev–Trinajstić information content (AvgIpc) is 2.21. The number of aliphatic hydroxyl groups excluding tert-OH is 1. The number of nitrogens with two attached hydrogens (primary N) is 1. The van der Waals surface area contributed by atoms with Crippen molar-refractivity contribution in [1.82, 2.24) is 10.6 Å². The molecule has 0 fully saturated rings. The summed E-state index contributed by atoms with van der Waals surface area (Å²) in [6.45, 7) is 0.443. The molecule has 0 aliphatic rings.